The molecular formula is C26H31ClFN6O7P. The van der Waals surface area contributed by atoms with Gasteiger partial charge in [-0.1, -0.05) is 18.2 Å². The highest BCUT2D eigenvalue weighted by Gasteiger charge is 2.97. The summed E-state index contributed by atoms with van der Waals surface area (Å²) in [5, 5.41) is 13.1. The van der Waals surface area contributed by atoms with Crippen LogP contribution < -0.4 is 15.3 Å². The van der Waals surface area contributed by atoms with Crippen molar-refractivity contribution in [3.63, 3.8) is 0 Å². The van der Waals surface area contributed by atoms with Gasteiger partial charge in [-0.3, -0.25) is 9.32 Å². The number of nitrogens with two attached hydrogens (primary N) is 1. The van der Waals surface area contributed by atoms with E-state index in [2.05, 4.69) is 20.0 Å². The van der Waals surface area contributed by atoms with Crippen molar-refractivity contribution in [1.82, 2.24) is 24.6 Å². The molecule has 3 heterocycles. The Morgan fingerprint density at radius 2 is 2.02 bits per heavy atom. The quantitative estimate of drug-likeness (QED) is 0.161. The number of nitrogen functional groups attached to an aromatic ring is 1. The average Bonchev–Trinajstić information content (AvgIpc) is 3.50. The van der Waals surface area contributed by atoms with E-state index in [4.69, 9.17) is 35.9 Å². The fraction of sp³-hybridized carbons (Fsp3) is 0.538. The Balaban J connectivity index is 1.24. The molecule has 0 radical (unpaired) electrons. The van der Waals surface area contributed by atoms with Gasteiger partial charge >= 0.3 is 13.7 Å². The first-order valence-electron chi connectivity index (χ1n) is 13.4. The lowest BCUT2D eigenvalue weighted by atomic mass is 9.95. The van der Waals surface area contributed by atoms with E-state index in [1.54, 1.807) is 51.1 Å². The summed E-state index contributed by atoms with van der Waals surface area (Å²) >= 11 is 5.99. The van der Waals surface area contributed by atoms with E-state index in [9.17, 15) is 14.5 Å². The number of carbonyl (C=O) groups is 1. The lowest BCUT2D eigenvalue weighted by molar-refractivity contribution is -0.149. The Kier molecular flexibility index (Phi) is 6.84. The number of anilines is 1. The maximum Gasteiger partial charge on any atom is 0.459 e. The van der Waals surface area contributed by atoms with Gasteiger partial charge in [-0.2, -0.15) is 15.1 Å². The largest absolute Gasteiger partial charge is 0.462 e. The summed E-state index contributed by atoms with van der Waals surface area (Å²) < 4.78 is 54.5. The summed E-state index contributed by atoms with van der Waals surface area (Å²) in [5.74, 6) is -3.84. The van der Waals surface area contributed by atoms with Crippen LogP contribution in [0.25, 0.3) is 11.2 Å². The maximum atomic E-state index is 16.2. The lowest BCUT2D eigenvalue weighted by Crippen LogP contribution is -2.36. The van der Waals surface area contributed by atoms with Gasteiger partial charge in [-0.15, -0.1) is 0 Å². The van der Waals surface area contributed by atoms with Gasteiger partial charge in [0, 0.05) is 11.3 Å². The number of aliphatic hydroxyl groups is 1. The second-order valence-corrected chi connectivity index (χ2v) is 13.3. The molecule has 13 nitrogen and oxygen atoms in total. The van der Waals surface area contributed by atoms with Crippen molar-refractivity contribution < 1.29 is 37.4 Å². The van der Waals surface area contributed by atoms with Gasteiger partial charge < -0.3 is 29.4 Å². The molecule has 3 aliphatic rings. The van der Waals surface area contributed by atoms with Gasteiger partial charge in [0.2, 0.25) is 11.1 Å². The SMILES string of the molecule is CC(C)OC(=O)[C@H](C)NP(=O)(OCC1C2(CO)C3[C@H](n4cnc5c(N)nc(Cl)nc54)C3(F)O[C@]12C)Oc1ccccc1. The average molecular weight is 625 g/mol. The van der Waals surface area contributed by atoms with E-state index in [0.717, 1.165) is 0 Å². The van der Waals surface area contributed by atoms with Gasteiger partial charge in [-0.05, 0) is 51.4 Å². The molecule has 0 spiro atoms. The Bertz CT molecular complexity index is 1600. The highest BCUT2D eigenvalue weighted by Crippen LogP contribution is 2.87. The summed E-state index contributed by atoms with van der Waals surface area (Å²) in [4.78, 5) is 24.7. The third kappa shape index (κ3) is 4.30. The predicted octanol–water partition coefficient (Wildman–Crippen LogP) is 3.43. The summed E-state index contributed by atoms with van der Waals surface area (Å²) in [6, 6.07) is 6.40. The zero-order valence-corrected chi connectivity index (χ0v) is 24.9. The van der Waals surface area contributed by atoms with Crippen LogP contribution in [0.3, 0.4) is 0 Å². The lowest BCUT2D eigenvalue weighted by Gasteiger charge is -2.24. The molecule has 2 saturated carbocycles. The number of aromatic nitrogens is 4. The summed E-state index contributed by atoms with van der Waals surface area (Å²) in [6.45, 7) is 5.89. The molecule has 2 aromatic heterocycles. The van der Waals surface area contributed by atoms with Crippen LogP contribution in [0.15, 0.2) is 36.7 Å². The van der Waals surface area contributed by atoms with Crippen LogP contribution in [0.4, 0.5) is 10.2 Å². The van der Waals surface area contributed by atoms with Crippen molar-refractivity contribution in [3.8, 4) is 5.75 Å². The number of para-hydroxylation sites is 1. The molecule has 0 amide bonds. The number of fused-ring (bicyclic) bond motifs is 4. The molecule has 4 N–H and O–H groups in total. The normalized spacial score (nSPS) is 33.1. The molecule has 1 aliphatic heterocycles. The van der Waals surface area contributed by atoms with E-state index in [-0.39, 0.29) is 40.7 Å². The molecule has 8 atom stereocenters. The Labute approximate surface area is 245 Å². The number of esters is 1. The number of nitrogens with zero attached hydrogens (tertiary/aromatic N) is 4. The van der Waals surface area contributed by atoms with Crippen molar-refractivity contribution in [1.29, 1.82) is 0 Å². The minimum atomic E-state index is -4.19. The number of alkyl halides is 1. The van der Waals surface area contributed by atoms with Crippen LogP contribution in [-0.2, 0) is 23.4 Å². The first-order valence-corrected chi connectivity index (χ1v) is 15.3. The van der Waals surface area contributed by atoms with Crippen LogP contribution in [0, 0.1) is 17.3 Å². The van der Waals surface area contributed by atoms with Gasteiger partial charge in [0.25, 0.3) is 0 Å². The highest BCUT2D eigenvalue weighted by atomic mass is 35.5. The molecule has 5 unspecified atom stereocenters. The molecule has 42 heavy (non-hydrogen) atoms. The number of benzene rings is 1. The number of ether oxygens (including phenoxy) is 2. The van der Waals surface area contributed by atoms with Gasteiger partial charge in [0.1, 0.15) is 23.3 Å². The third-order valence-corrected chi connectivity index (χ3v) is 10.3. The second kappa shape index (κ2) is 9.83. The molecule has 3 aromatic rings. The molecule has 3 fully saturated rings. The first kappa shape index (κ1) is 29.2. The molecule has 6 rings (SSSR count). The smallest absolute Gasteiger partial charge is 0.459 e. The van der Waals surface area contributed by atoms with Crippen LogP contribution in [0.1, 0.15) is 33.7 Å². The number of aliphatic hydroxyl groups excluding tert-OH is 1. The van der Waals surface area contributed by atoms with E-state index in [1.807, 2.05) is 0 Å². The number of imidazole rings is 1. The van der Waals surface area contributed by atoms with E-state index < -0.39 is 61.1 Å². The van der Waals surface area contributed by atoms with Crippen molar-refractivity contribution in [2.75, 3.05) is 18.9 Å². The maximum absolute atomic E-state index is 16.2. The summed E-state index contributed by atoms with van der Waals surface area (Å²) in [5.41, 5.74) is 4.22. The minimum absolute atomic E-state index is 0.0518. The number of halogens is 2. The minimum Gasteiger partial charge on any atom is -0.462 e. The molecule has 1 aromatic carbocycles. The molecule has 16 heteroatoms. The third-order valence-electron chi connectivity index (χ3n) is 8.50. The molecule has 2 aliphatic carbocycles. The predicted molar refractivity (Wildman–Crippen MR) is 148 cm³/mol. The van der Waals surface area contributed by atoms with Crippen molar-refractivity contribution in [2.45, 2.75) is 57.3 Å². The monoisotopic (exact) mass is 624 g/mol. The van der Waals surface area contributed by atoms with Crippen molar-refractivity contribution in [3.05, 3.63) is 41.9 Å². The molecule has 226 valence electrons. The fourth-order valence-electron chi connectivity index (χ4n) is 6.53. The van der Waals surface area contributed by atoms with Crippen LogP contribution in [0.5, 0.6) is 5.75 Å². The zero-order valence-electron chi connectivity index (χ0n) is 23.2. The van der Waals surface area contributed by atoms with Gasteiger partial charge in [-0.25, -0.2) is 13.9 Å². The van der Waals surface area contributed by atoms with Gasteiger partial charge in [0.15, 0.2) is 11.5 Å². The van der Waals surface area contributed by atoms with E-state index in [0.29, 0.717) is 0 Å². The van der Waals surface area contributed by atoms with Crippen molar-refractivity contribution in [2.24, 2.45) is 17.3 Å². The van der Waals surface area contributed by atoms with Crippen LogP contribution in [-0.4, -0.2) is 67.4 Å². The second-order valence-electron chi connectivity index (χ2n) is 11.3. The Morgan fingerprint density at radius 1 is 1.31 bits per heavy atom. The number of nitrogens with one attached hydrogen (secondary N) is 1. The van der Waals surface area contributed by atoms with E-state index in [1.165, 1.54) is 17.8 Å². The topological polar surface area (TPSA) is 173 Å². The number of hydrogen-bond acceptors (Lipinski definition) is 11. The summed E-state index contributed by atoms with van der Waals surface area (Å²) in [7, 11) is -4.19. The molecular weight excluding hydrogens is 594 g/mol. The summed E-state index contributed by atoms with van der Waals surface area (Å²) in [6.07, 6.45) is 1.00. The zero-order chi connectivity index (χ0) is 30.2. The standard InChI is InChI=1S/C26H31ClFN6O7P/c1-13(2)39-22(36)14(3)33-42(37,40-15-8-6-5-7-9-15)38-10-16-24(4)25(16,11-35)18-19(26(18,28)41-24)34-12-30-17-20(29)31-23(27)32-21(17)34/h5-9,12-14,16,18-19,35H,10-11H2,1-4H3,(H,33,37)(H2,29,31,32)/t14-,16?,18?,19-,24+,25?,26?,42?/m0/s1. The fourth-order valence-corrected chi connectivity index (χ4v) is 8.20. The number of carbonyl (C=O) groups excluding carboxylic acids is 1. The van der Waals surface area contributed by atoms with Gasteiger partial charge in [0.05, 0.1) is 37.2 Å². The first-order chi connectivity index (χ1) is 19.8. The Hall–Kier alpha value is -2.87. The van der Waals surface area contributed by atoms with Crippen molar-refractivity contribution >= 4 is 42.3 Å². The number of hydrogen-bond donors (Lipinski definition) is 3. The molecule has 0 bridgehead atoms. The highest BCUT2D eigenvalue weighted by molar-refractivity contribution is 7.52. The van der Waals surface area contributed by atoms with Crippen LogP contribution >= 0.6 is 19.3 Å². The van der Waals surface area contributed by atoms with E-state index >= 15 is 4.39 Å². The molecule has 1 saturated heterocycles. The number of rotatable bonds is 11. The van der Waals surface area contributed by atoms with Crippen LogP contribution in [0.2, 0.25) is 5.28 Å². The Morgan fingerprint density at radius 3 is 2.69 bits per heavy atom.